The lowest BCUT2D eigenvalue weighted by Crippen LogP contribution is -2.29. The van der Waals surface area contributed by atoms with Crippen LogP contribution in [-0.4, -0.2) is 36.8 Å². The number of hydrogen-bond donors (Lipinski definition) is 0. The van der Waals surface area contributed by atoms with Crippen molar-refractivity contribution in [1.82, 2.24) is 24.4 Å². The third-order valence-electron chi connectivity index (χ3n) is 5.41. The zero-order chi connectivity index (χ0) is 21.9. The fourth-order valence-corrected chi connectivity index (χ4v) is 4.00. The third kappa shape index (κ3) is 3.06. The van der Waals surface area contributed by atoms with E-state index in [1.807, 2.05) is 24.3 Å². The minimum absolute atomic E-state index is 0.0191. The molecule has 7 nitrogen and oxygen atoms in total. The van der Waals surface area contributed by atoms with Crippen molar-refractivity contribution in [3.05, 3.63) is 65.2 Å². The van der Waals surface area contributed by atoms with E-state index in [-0.39, 0.29) is 16.9 Å². The maximum absolute atomic E-state index is 13.8. The SMILES string of the molecule is Cc1nn(C)cc1-c1cc(C(F)(F)F)n2ncc(C(=O)N3CCc4ccccc43)c2n1. The molecular formula is C21H17F3N6O. The van der Waals surface area contributed by atoms with Crippen LogP contribution in [0.25, 0.3) is 16.9 Å². The Balaban J connectivity index is 1.69. The van der Waals surface area contributed by atoms with Gasteiger partial charge in [-0.25, -0.2) is 9.50 Å². The molecule has 0 atom stereocenters. The molecule has 4 aromatic rings. The highest BCUT2D eigenvalue weighted by atomic mass is 19.4. The van der Waals surface area contributed by atoms with Gasteiger partial charge in [-0.3, -0.25) is 9.48 Å². The summed E-state index contributed by atoms with van der Waals surface area (Å²) >= 11 is 0. The largest absolute Gasteiger partial charge is 0.433 e. The summed E-state index contributed by atoms with van der Waals surface area (Å²) in [5.74, 6) is -0.430. The Hall–Kier alpha value is -3.69. The van der Waals surface area contributed by atoms with Crippen LogP contribution in [0.2, 0.25) is 0 Å². The lowest BCUT2D eigenvalue weighted by atomic mass is 10.1. The van der Waals surface area contributed by atoms with Gasteiger partial charge in [0.05, 0.1) is 17.6 Å². The number of halogens is 3. The normalized spacial score (nSPS) is 13.8. The van der Waals surface area contributed by atoms with E-state index in [1.165, 1.54) is 4.68 Å². The molecule has 0 saturated carbocycles. The van der Waals surface area contributed by atoms with E-state index >= 15 is 0 Å². The number of benzene rings is 1. The van der Waals surface area contributed by atoms with E-state index in [0.717, 1.165) is 23.5 Å². The average Bonchev–Trinajstić information content (AvgIpc) is 3.42. The van der Waals surface area contributed by atoms with Gasteiger partial charge in [-0.1, -0.05) is 18.2 Å². The molecule has 1 aliphatic heterocycles. The molecular weight excluding hydrogens is 409 g/mol. The van der Waals surface area contributed by atoms with Crippen LogP contribution >= 0.6 is 0 Å². The van der Waals surface area contributed by atoms with Crippen molar-refractivity contribution in [3.8, 4) is 11.3 Å². The monoisotopic (exact) mass is 426 g/mol. The molecule has 4 heterocycles. The maximum Gasteiger partial charge on any atom is 0.433 e. The minimum atomic E-state index is -4.68. The van der Waals surface area contributed by atoms with Gasteiger partial charge in [-0.05, 0) is 31.0 Å². The summed E-state index contributed by atoms with van der Waals surface area (Å²) in [5, 5.41) is 8.05. The number of aromatic nitrogens is 5. The van der Waals surface area contributed by atoms with Crippen molar-refractivity contribution >= 4 is 17.2 Å². The molecule has 10 heteroatoms. The van der Waals surface area contributed by atoms with E-state index in [2.05, 4.69) is 15.2 Å². The van der Waals surface area contributed by atoms with Gasteiger partial charge in [0, 0.05) is 31.0 Å². The molecule has 0 spiro atoms. The number of carbonyl (C=O) groups is 1. The minimum Gasteiger partial charge on any atom is -0.308 e. The van der Waals surface area contributed by atoms with Crippen LogP contribution in [0.15, 0.2) is 42.7 Å². The molecule has 31 heavy (non-hydrogen) atoms. The first kappa shape index (κ1) is 19.3. The summed E-state index contributed by atoms with van der Waals surface area (Å²) in [7, 11) is 1.68. The number of rotatable bonds is 2. The Morgan fingerprint density at radius 2 is 1.97 bits per heavy atom. The van der Waals surface area contributed by atoms with E-state index in [1.54, 1.807) is 25.1 Å². The topological polar surface area (TPSA) is 68.3 Å². The zero-order valence-electron chi connectivity index (χ0n) is 16.7. The van der Waals surface area contributed by atoms with E-state index in [0.29, 0.717) is 28.7 Å². The summed E-state index contributed by atoms with van der Waals surface area (Å²) in [4.78, 5) is 19.3. The number of aryl methyl sites for hydroxylation is 2. The average molecular weight is 426 g/mol. The molecule has 0 fully saturated rings. The van der Waals surface area contributed by atoms with Crippen LogP contribution in [0.1, 0.15) is 27.3 Å². The molecule has 158 valence electrons. The quantitative estimate of drug-likeness (QED) is 0.491. The first-order chi connectivity index (χ1) is 14.7. The van der Waals surface area contributed by atoms with Crippen molar-refractivity contribution < 1.29 is 18.0 Å². The Bertz CT molecular complexity index is 1340. The second kappa shape index (κ2) is 6.66. The van der Waals surface area contributed by atoms with Gasteiger partial charge in [0.15, 0.2) is 11.3 Å². The van der Waals surface area contributed by atoms with Gasteiger partial charge >= 0.3 is 6.18 Å². The first-order valence-electron chi connectivity index (χ1n) is 9.60. The number of hydrogen-bond acceptors (Lipinski definition) is 4. The molecule has 0 aliphatic carbocycles. The standard InChI is InChI=1S/C21H17F3N6O/c1-12-15(11-28(2)27-12)16-9-18(21(22,23)24)30-19(26-16)14(10-25-30)20(31)29-8-7-13-5-3-4-6-17(13)29/h3-6,9-11H,7-8H2,1-2H3. The zero-order valence-corrected chi connectivity index (χ0v) is 16.7. The summed E-state index contributed by atoms with van der Waals surface area (Å²) in [6.45, 7) is 2.14. The molecule has 0 unspecified atom stereocenters. The van der Waals surface area contributed by atoms with Crippen molar-refractivity contribution in [2.75, 3.05) is 11.4 Å². The maximum atomic E-state index is 13.8. The number of anilines is 1. The predicted octanol–water partition coefficient (Wildman–Crippen LogP) is 3.66. The smallest absolute Gasteiger partial charge is 0.308 e. The van der Waals surface area contributed by atoms with Gasteiger partial charge in [0.25, 0.3) is 5.91 Å². The Kier molecular flexibility index (Phi) is 4.14. The number of fused-ring (bicyclic) bond motifs is 2. The lowest BCUT2D eigenvalue weighted by Gasteiger charge is -2.17. The van der Waals surface area contributed by atoms with Crippen LogP contribution in [0.3, 0.4) is 0 Å². The molecule has 3 aromatic heterocycles. The summed E-state index contributed by atoms with van der Waals surface area (Å²) < 4.78 is 43.7. The number of para-hydroxylation sites is 1. The van der Waals surface area contributed by atoms with Gasteiger partial charge in [0.1, 0.15) is 5.56 Å². The molecule has 0 radical (unpaired) electrons. The number of alkyl halides is 3. The van der Waals surface area contributed by atoms with Gasteiger partial charge < -0.3 is 4.90 Å². The highest BCUT2D eigenvalue weighted by Crippen LogP contribution is 2.34. The van der Waals surface area contributed by atoms with E-state index < -0.39 is 17.8 Å². The van der Waals surface area contributed by atoms with Crippen LogP contribution in [-0.2, 0) is 19.6 Å². The second-order valence-electron chi connectivity index (χ2n) is 7.46. The number of carbonyl (C=O) groups excluding carboxylic acids is 1. The van der Waals surface area contributed by atoms with Gasteiger partial charge in [0.2, 0.25) is 0 Å². The molecule has 0 saturated heterocycles. The molecule has 5 rings (SSSR count). The Morgan fingerprint density at radius 1 is 1.19 bits per heavy atom. The van der Waals surface area contributed by atoms with E-state index in [4.69, 9.17) is 0 Å². The highest BCUT2D eigenvalue weighted by molar-refractivity contribution is 6.10. The number of amides is 1. The van der Waals surface area contributed by atoms with Crippen molar-refractivity contribution in [2.24, 2.45) is 7.05 Å². The summed E-state index contributed by atoms with van der Waals surface area (Å²) in [6, 6.07) is 8.40. The molecule has 1 aromatic carbocycles. The second-order valence-corrected chi connectivity index (χ2v) is 7.46. The molecule has 1 aliphatic rings. The fourth-order valence-electron chi connectivity index (χ4n) is 4.00. The van der Waals surface area contributed by atoms with Crippen molar-refractivity contribution in [2.45, 2.75) is 19.5 Å². The summed E-state index contributed by atoms with van der Waals surface area (Å²) in [5.41, 5.74) is 1.73. The number of nitrogens with zero attached hydrogens (tertiary/aromatic N) is 6. The van der Waals surface area contributed by atoms with Gasteiger partial charge in [-0.15, -0.1) is 0 Å². The highest BCUT2D eigenvalue weighted by Gasteiger charge is 2.37. The first-order valence-corrected chi connectivity index (χ1v) is 9.60. The summed E-state index contributed by atoms with van der Waals surface area (Å²) in [6.07, 6.45) is -1.25. The fraction of sp³-hybridized carbons (Fsp3) is 0.238. The van der Waals surface area contributed by atoms with Crippen LogP contribution in [0.5, 0.6) is 0 Å². The predicted molar refractivity (Wildman–Crippen MR) is 107 cm³/mol. The van der Waals surface area contributed by atoms with Crippen LogP contribution < -0.4 is 4.90 Å². The van der Waals surface area contributed by atoms with Crippen LogP contribution in [0, 0.1) is 6.92 Å². The van der Waals surface area contributed by atoms with Crippen molar-refractivity contribution in [3.63, 3.8) is 0 Å². The van der Waals surface area contributed by atoms with E-state index in [9.17, 15) is 18.0 Å². The Labute approximate surface area is 174 Å². The lowest BCUT2D eigenvalue weighted by molar-refractivity contribution is -0.142. The molecule has 0 bridgehead atoms. The molecule has 0 N–H and O–H groups in total. The van der Waals surface area contributed by atoms with Crippen molar-refractivity contribution in [1.29, 1.82) is 0 Å². The Morgan fingerprint density at radius 3 is 2.68 bits per heavy atom. The third-order valence-corrected chi connectivity index (χ3v) is 5.41. The van der Waals surface area contributed by atoms with Gasteiger partial charge in [-0.2, -0.15) is 23.4 Å². The van der Waals surface area contributed by atoms with Crippen LogP contribution in [0.4, 0.5) is 18.9 Å². The molecule has 1 amide bonds.